The number of fused-ring (bicyclic) bond motifs is 2. The lowest BCUT2D eigenvalue weighted by Gasteiger charge is -2.31. The number of aromatic carboxylic acids is 1. The molecule has 7 rings (SSSR count). The predicted octanol–water partition coefficient (Wildman–Crippen LogP) is 4.73. The molecule has 15 nitrogen and oxygen atoms in total. The van der Waals surface area contributed by atoms with E-state index >= 15 is 0 Å². The van der Waals surface area contributed by atoms with Crippen molar-refractivity contribution in [3.63, 3.8) is 0 Å². The lowest BCUT2D eigenvalue weighted by atomic mass is 9.89. The number of nitrogens with zero attached hydrogens (tertiary/aromatic N) is 4. The van der Waals surface area contributed by atoms with Crippen LogP contribution in [0.4, 0.5) is 5.69 Å². The van der Waals surface area contributed by atoms with Crippen LogP contribution in [0.15, 0.2) is 83.3 Å². The summed E-state index contributed by atoms with van der Waals surface area (Å²) in [7, 11) is 7.76. The molecule has 2 fully saturated rings. The standard InChI is InChI=1S/C54H70N6O9/c1-57(2)42-12-17-46-49(36-42)69-50-37-43(58(3)4)13-18-47(50)51(46)45-16-11-41(35-48(45)54(63)64)53(62)56-22-30-66-32-34-67-33-31-65-29-21-55-52(61)40-19-26-60(27-20-40)38-39-9-14-44(15-10-39)68-28-8-25-59-23-6-5-7-24-59/h9-18,35-37,40H,5-8,19-34,38H2,1-4H3,(H2-,55,56,61,62,63,64). The van der Waals surface area contributed by atoms with E-state index in [1.54, 1.807) is 12.1 Å². The number of amides is 2. The summed E-state index contributed by atoms with van der Waals surface area (Å²) in [5, 5.41) is 20.1. The van der Waals surface area contributed by atoms with Gasteiger partial charge in [-0.1, -0.05) is 24.6 Å². The smallest absolute Gasteiger partial charge is 0.251 e. The minimum Gasteiger partial charge on any atom is -0.545 e. The van der Waals surface area contributed by atoms with Crippen molar-refractivity contribution in [3.8, 4) is 28.2 Å². The zero-order chi connectivity index (χ0) is 48.5. The van der Waals surface area contributed by atoms with E-state index < -0.39 is 11.9 Å². The first-order chi connectivity index (χ1) is 33.5. The Morgan fingerprint density at radius 3 is 2.10 bits per heavy atom. The monoisotopic (exact) mass is 947 g/mol. The molecule has 2 amide bonds. The van der Waals surface area contributed by atoms with Crippen LogP contribution in [-0.2, 0) is 25.5 Å². The summed E-state index contributed by atoms with van der Waals surface area (Å²) in [6.07, 6.45) is 6.74. The zero-order valence-corrected chi connectivity index (χ0v) is 40.9. The van der Waals surface area contributed by atoms with Gasteiger partial charge in [-0.05, 0) is 112 Å². The highest BCUT2D eigenvalue weighted by atomic mass is 16.5. The number of carboxylic acid groups (broad SMARTS) is 1. The maximum atomic E-state index is 13.2. The molecule has 3 aromatic rings. The van der Waals surface area contributed by atoms with E-state index in [2.05, 4.69) is 44.7 Å². The number of nitrogens with one attached hydrogen (secondary N) is 2. The number of hydrogen-bond donors (Lipinski definition) is 2. The van der Waals surface area contributed by atoms with E-state index in [-0.39, 0.29) is 36.1 Å². The number of likely N-dealkylation sites (tertiary alicyclic amines) is 2. The minimum absolute atomic E-state index is 0.0162. The maximum Gasteiger partial charge on any atom is 0.251 e. The topological polar surface area (TPSA) is 161 Å². The van der Waals surface area contributed by atoms with E-state index in [1.165, 1.54) is 44.0 Å². The third kappa shape index (κ3) is 14.6. The van der Waals surface area contributed by atoms with Crippen molar-refractivity contribution in [2.75, 3.05) is 125 Å². The Morgan fingerprint density at radius 2 is 1.42 bits per heavy atom. The van der Waals surface area contributed by atoms with Gasteiger partial charge in [0, 0.05) is 91.7 Å². The Bertz CT molecular complexity index is 2510. The van der Waals surface area contributed by atoms with E-state index in [4.69, 9.17) is 23.4 Å². The van der Waals surface area contributed by atoms with E-state index in [9.17, 15) is 19.5 Å². The molecule has 370 valence electrons. The average molecular weight is 947 g/mol. The van der Waals surface area contributed by atoms with Crippen LogP contribution in [0.1, 0.15) is 64.8 Å². The summed E-state index contributed by atoms with van der Waals surface area (Å²) < 4.78 is 31.2. The molecule has 0 unspecified atom stereocenters. The number of carbonyl (C=O) groups excluding carboxylic acids is 3. The number of benzene rings is 4. The Hall–Kier alpha value is -5.84. The van der Waals surface area contributed by atoms with Gasteiger partial charge in [-0.3, -0.25) is 14.5 Å². The Balaban J connectivity index is 0.741. The number of ether oxygens (including phenoxy) is 4. The van der Waals surface area contributed by atoms with Crippen molar-refractivity contribution in [2.24, 2.45) is 5.92 Å². The van der Waals surface area contributed by atoms with Crippen LogP contribution < -0.4 is 35.3 Å². The van der Waals surface area contributed by atoms with Gasteiger partial charge in [0.2, 0.25) is 11.3 Å². The van der Waals surface area contributed by atoms with E-state index in [0.29, 0.717) is 62.0 Å². The van der Waals surface area contributed by atoms with Gasteiger partial charge in [0.15, 0.2) is 0 Å². The van der Waals surface area contributed by atoms with Crippen LogP contribution in [0.2, 0.25) is 0 Å². The molecular weight excluding hydrogens is 877 g/mol. The normalized spacial score (nSPS) is 14.8. The van der Waals surface area contributed by atoms with Crippen molar-refractivity contribution in [1.82, 2.24) is 25.0 Å². The van der Waals surface area contributed by atoms with Crippen LogP contribution in [0.3, 0.4) is 0 Å². The van der Waals surface area contributed by atoms with Crippen LogP contribution in [-0.4, -0.2) is 148 Å². The highest BCUT2D eigenvalue weighted by molar-refractivity contribution is 6.09. The molecular formula is C54H70N6O9. The molecule has 3 aliphatic heterocycles. The average Bonchev–Trinajstić information content (AvgIpc) is 3.36. The zero-order valence-electron chi connectivity index (χ0n) is 40.9. The number of piperidine rings is 2. The summed E-state index contributed by atoms with van der Waals surface area (Å²) in [6, 6.07) is 24.7. The molecule has 69 heavy (non-hydrogen) atoms. The summed E-state index contributed by atoms with van der Waals surface area (Å²) >= 11 is 0. The quantitative estimate of drug-likeness (QED) is 0.0499. The third-order valence-corrected chi connectivity index (χ3v) is 12.9. The third-order valence-electron chi connectivity index (χ3n) is 12.9. The molecule has 2 saturated heterocycles. The Labute approximate surface area is 406 Å². The van der Waals surface area contributed by atoms with Crippen LogP contribution >= 0.6 is 0 Å². The molecule has 2 N–H and O–H groups in total. The maximum absolute atomic E-state index is 13.2. The van der Waals surface area contributed by atoms with Crippen molar-refractivity contribution < 1.29 is 42.9 Å². The molecule has 0 spiro atoms. The second kappa shape index (κ2) is 25.7. The molecule has 0 radical (unpaired) electrons. The fourth-order valence-corrected chi connectivity index (χ4v) is 9.02. The first kappa shape index (κ1) is 51.0. The molecule has 3 aromatic carbocycles. The Morgan fingerprint density at radius 1 is 0.739 bits per heavy atom. The lowest BCUT2D eigenvalue weighted by molar-refractivity contribution is -0.254. The first-order valence-electron chi connectivity index (χ1n) is 24.5. The molecule has 0 atom stereocenters. The first-order valence-corrected chi connectivity index (χ1v) is 24.5. The van der Waals surface area contributed by atoms with Gasteiger partial charge < -0.3 is 53.7 Å². The fraction of sp³-hybridized carbons (Fsp3) is 0.481. The van der Waals surface area contributed by atoms with Crippen LogP contribution in [0, 0.1) is 5.92 Å². The van der Waals surface area contributed by atoms with E-state index in [0.717, 1.165) is 79.8 Å². The molecule has 1 aliphatic carbocycles. The summed E-state index contributed by atoms with van der Waals surface area (Å²) in [6.45, 7) is 9.74. The largest absolute Gasteiger partial charge is 0.545 e. The fourth-order valence-electron chi connectivity index (χ4n) is 9.02. The number of anilines is 1. The van der Waals surface area contributed by atoms with Crippen LogP contribution in [0.25, 0.3) is 33.4 Å². The number of rotatable bonds is 24. The molecule has 0 aromatic heterocycles. The van der Waals surface area contributed by atoms with Gasteiger partial charge in [0.25, 0.3) is 5.91 Å². The number of carbonyl (C=O) groups is 3. The molecule has 0 bridgehead atoms. The van der Waals surface area contributed by atoms with Gasteiger partial charge in [0.1, 0.15) is 31.2 Å². The van der Waals surface area contributed by atoms with Crippen molar-refractivity contribution in [1.29, 1.82) is 0 Å². The van der Waals surface area contributed by atoms with Gasteiger partial charge >= 0.3 is 0 Å². The molecule has 0 saturated carbocycles. The van der Waals surface area contributed by atoms with Crippen molar-refractivity contribution in [3.05, 3.63) is 101 Å². The minimum atomic E-state index is -1.40. The van der Waals surface area contributed by atoms with Gasteiger partial charge in [-0.15, -0.1) is 0 Å². The summed E-state index contributed by atoms with van der Waals surface area (Å²) in [5.74, 6) is -0.202. The van der Waals surface area contributed by atoms with Crippen LogP contribution in [0.5, 0.6) is 5.75 Å². The predicted molar refractivity (Wildman–Crippen MR) is 267 cm³/mol. The van der Waals surface area contributed by atoms with Gasteiger partial charge in [-0.2, -0.15) is 0 Å². The molecule has 15 heteroatoms. The lowest BCUT2D eigenvalue weighted by Crippen LogP contribution is -2.41. The summed E-state index contributed by atoms with van der Waals surface area (Å²) in [5.41, 5.74) is 4.69. The number of hydrogen-bond acceptors (Lipinski definition) is 12. The van der Waals surface area contributed by atoms with E-state index in [1.807, 2.05) is 74.1 Å². The SMILES string of the molecule is CN(C)c1ccc2c(-c3ccc(C(=O)NCCOCCOCCOCCNC(=O)C4CCN(Cc5ccc(OCCCN6CCCCC6)cc5)CC4)cc3C(=O)[O-])c3ccc(=[N+](C)C)cc-3oc2c1. The van der Waals surface area contributed by atoms with Crippen molar-refractivity contribution >= 4 is 34.4 Å². The number of carboxylic acids is 1. The summed E-state index contributed by atoms with van der Waals surface area (Å²) in [4.78, 5) is 45.5. The van der Waals surface area contributed by atoms with Gasteiger partial charge in [0.05, 0.1) is 58.3 Å². The van der Waals surface area contributed by atoms with Crippen molar-refractivity contribution in [2.45, 2.75) is 45.1 Å². The Kier molecular flexibility index (Phi) is 19.0. The second-order valence-electron chi connectivity index (χ2n) is 18.4. The molecule has 4 aliphatic rings. The molecule has 3 heterocycles. The second-order valence-corrected chi connectivity index (χ2v) is 18.4. The van der Waals surface area contributed by atoms with Gasteiger partial charge in [-0.25, -0.2) is 4.58 Å². The highest BCUT2D eigenvalue weighted by Gasteiger charge is 2.25. The highest BCUT2D eigenvalue weighted by Crippen LogP contribution is 2.42.